The van der Waals surface area contributed by atoms with Crippen LogP contribution in [0.15, 0.2) is 54.6 Å². The molecule has 3 aromatic rings. The van der Waals surface area contributed by atoms with Crippen LogP contribution in [0.1, 0.15) is 21.7 Å². The van der Waals surface area contributed by atoms with E-state index < -0.39 is 23.4 Å². The quantitative estimate of drug-likeness (QED) is 0.390. The summed E-state index contributed by atoms with van der Waals surface area (Å²) in [7, 11) is 0. The average Bonchev–Trinajstić information content (AvgIpc) is 3.01. The summed E-state index contributed by atoms with van der Waals surface area (Å²) in [6, 6.07) is 14.4. The lowest BCUT2D eigenvalue weighted by molar-refractivity contribution is -0.384. The normalized spacial score (nSPS) is 10.4. The number of non-ortho nitro benzene ring substituents is 1. The third kappa shape index (κ3) is 4.46. The number of nitro benzene ring substituents is 1. The van der Waals surface area contributed by atoms with E-state index in [4.69, 9.17) is 4.74 Å². The smallest absolute Gasteiger partial charge is 0.338 e. The predicted molar refractivity (Wildman–Crippen MR) is 105 cm³/mol. The summed E-state index contributed by atoms with van der Waals surface area (Å²) in [5, 5.41) is 17.8. The van der Waals surface area contributed by atoms with Crippen molar-refractivity contribution in [3.05, 3.63) is 81.7 Å². The number of para-hydroxylation sites is 1. The highest BCUT2D eigenvalue weighted by Crippen LogP contribution is 2.22. The van der Waals surface area contributed by atoms with Crippen LogP contribution in [0, 0.1) is 24.0 Å². The maximum Gasteiger partial charge on any atom is 0.338 e. The van der Waals surface area contributed by atoms with Crippen LogP contribution in [0.4, 0.5) is 11.4 Å². The number of rotatable bonds is 6. The number of benzene rings is 2. The molecule has 0 fully saturated rings. The Morgan fingerprint density at radius 3 is 2.38 bits per heavy atom. The minimum atomic E-state index is -0.747. The van der Waals surface area contributed by atoms with Gasteiger partial charge in [0.2, 0.25) is 0 Å². The molecule has 2 aromatic carbocycles. The van der Waals surface area contributed by atoms with Crippen molar-refractivity contribution in [2.45, 2.75) is 13.8 Å². The van der Waals surface area contributed by atoms with Gasteiger partial charge in [-0.25, -0.2) is 9.48 Å². The van der Waals surface area contributed by atoms with E-state index in [1.165, 1.54) is 24.3 Å². The monoisotopic (exact) mass is 394 g/mol. The van der Waals surface area contributed by atoms with E-state index in [2.05, 4.69) is 10.4 Å². The van der Waals surface area contributed by atoms with Gasteiger partial charge in [0.1, 0.15) is 0 Å². The maximum absolute atomic E-state index is 12.2. The van der Waals surface area contributed by atoms with Crippen molar-refractivity contribution >= 4 is 23.3 Å². The van der Waals surface area contributed by atoms with Gasteiger partial charge in [-0.1, -0.05) is 18.2 Å². The number of ether oxygens (including phenoxy) is 1. The number of nitrogens with zero attached hydrogens (tertiary/aromatic N) is 3. The zero-order chi connectivity index (χ0) is 21.0. The number of carbonyl (C=O) groups is 2. The lowest BCUT2D eigenvalue weighted by Crippen LogP contribution is -2.21. The Hall–Kier alpha value is -4.01. The Kier molecular flexibility index (Phi) is 5.68. The second kappa shape index (κ2) is 8.34. The van der Waals surface area contributed by atoms with Crippen molar-refractivity contribution in [2.24, 2.45) is 0 Å². The third-order valence-electron chi connectivity index (χ3n) is 4.20. The molecule has 29 heavy (non-hydrogen) atoms. The van der Waals surface area contributed by atoms with Crippen molar-refractivity contribution in [1.29, 1.82) is 0 Å². The largest absolute Gasteiger partial charge is 0.452 e. The second-order valence-corrected chi connectivity index (χ2v) is 6.22. The minimum Gasteiger partial charge on any atom is -0.452 e. The summed E-state index contributed by atoms with van der Waals surface area (Å²) in [4.78, 5) is 34.3. The molecule has 0 spiro atoms. The highest BCUT2D eigenvalue weighted by molar-refractivity contribution is 5.96. The highest BCUT2D eigenvalue weighted by atomic mass is 16.6. The molecule has 1 aromatic heterocycles. The fraction of sp³-hybridized carbons (Fsp3) is 0.150. The first-order valence-electron chi connectivity index (χ1n) is 8.70. The van der Waals surface area contributed by atoms with Crippen LogP contribution in [0.25, 0.3) is 5.69 Å². The van der Waals surface area contributed by atoms with E-state index in [1.807, 2.05) is 37.3 Å². The molecule has 0 aliphatic rings. The molecule has 0 aliphatic carbocycles. The Morgan fingerprint density at radius 1 is 1.10 bits per heavy atom. The molecule has 0 atom stereocenters. The van der Waals surface area contributed by atoms with Gasteiger partial charge < -0.3 is 10.1 Å². The van der Waals surface area contributed by atoms with Gasteiger partial charge in [0.05, 0.1) is 33.2 Å². The Labute approximate surface area is 166 Å². The van der Waals surface area contributed by atoms with Gasteiger partial charge in [-0.2, -0.15) is 5.10 Å². The lowest BCUT2D eigenvalue weighted by atomic mass is 10.2. The molecular formula is C20H18N4O5. The van der Waals surface area contributed by atoms with Gasteiger partial charge in [0, 0.05) is 12.1 Å². The first-order chi connectivity index (χ1) is 13.9. The van der Waals surface area contributed by atoms with Gasteiger partial charge in [-0.05, 0) is 38.1 Å². The van der Waals surface area contributed by atoms with E-state index in [0.717, 1.165) is 11.4 Å². The average molecular weight is 394 g/mol. The topological polar surface area (TPSA) is 116 Å². The van der Waals surface area contributed by atoms with Gasteiger partial charge in [-0.3, -0.25) is 14.9 Å². The molecule has 148 valence electrons. The van der Waals surface area contributed by atoms with Crippen LogP contribution in [0.5, 0.6) is 0 Å². The zero-order valence-electron chi connectivity index (χ0n) is 15.8. The molecule has 0 saturated heterocycles. The molecule has 0 aliphatic heterocycles. The Balaban J connectivity index is 1.63. The van der Waals surface area contributed by atoms with Crippen LogP contribution < -0.4 is 5.32 Å². The number of anilines is 1. The first-order valence-corrected chi connectivity index (χ1v) is 8.70. The Morgan fingerprint density at radius 2 is 1.76 bits per heavy atom. The number of nitrogens with one attached hydrogen (secondary N) is 1. The molecule has 9 nitrogen and oxygen atoms in total. The fourth-order valence-corrected chi connectivity index (χ4v) is 2.75. The van der Waals surface area contributed by atoms with Gasteiger partial charge in [0.25, 0.3) is 11.6 Å². The van der Waals surface area contributed by atoms with Crippen molar-refractivity contribution in [1.82, 2.24) is 9.78 Å². The van der Waals surface area contributed by atoms with Gasteiger partial charge in [0.15, 0.2) is 6.61 Å². The molecule has 1 heterocycles. The third-order valence-corrected chi connectivity index (χ3v) is 4.20. The van der Waals surface area contributed by atoms with Crippen LogP contribution >= 0.6 is 0 Å². The maximum atomic E-state index is 12.2. The van der Waals surface area contributed by atoms with Crippen molar-refractivity contribution in [3.8, 4) is 5.69 Å². The molecule has 3 rings (SSSR count). The van der Waals surface area contributed by atoms with E-state index in [-0.39, 0.29) is 11.3 Å². The molecule has 0 radical (unpaired) electrons. The molecule has 9 heteroatoms. The van der Waals surface area contributed by atoms with E-state index in [9.17, 15) is 19.7 Å². The number of hydrogen-bond donors (Lipinski definition) is 1. The minimum absolute atomic E-state index is 0.118. The molecule has 0 bridgehead atoms. The van der Waals surface area contributed by atoms with Gasteiger partial charge in [-0.15, -0.1) is 0 Å². The van der Waals surface area contributed by atoms with Crippen LogP contribution in [0.3, 0.4) is 0 Å². The summed E-state index contributed by atoms with van der Waals surface area (Å²) >= 11 is 0. The van der Waals surface area contributed by atoms with Crippen molar-refractivity contribution < 1.29 is 19.2 Å². The van der Waals surface area contributed by atoms with Crippen LogP contribution in [-0.2, 0) is 9.53 Å². The summed E-state index contributed by atoms with van der Waals surface area (Å²) < 4.78 is 6.70. The van der Waals surface area contributed by atoms with Crippen LogP contribution in [-0.4, -0.2) is 33.2 Å². The van der Waals surface area contributed by atoms with Gasteiger partial charge >= 0.3 is 5.97 Å². The molecule has 0 saturated carbocycles. The highest BCUT2D eigenvalue weighted by Gasteiger charge is 2.17. The second-order valence-electron chi connectivity index (χ2n) is 6.22. The fourth-order valence-electron chi connectivity index (χ4n) is 2.75. The molecule has 0 unspecified atom stereocenters. The SMILES string of the molecule is Cc1nn(-c2ccccc2)c(C)c1NC(=O)COC(=O)c1ccc([N+](=O)[O-])cc1. The molecule has 1 N–H and O–H groups in total. The number of aryl methyl sites for hydroxylation is 1. The van der Waals surface area contributed by atoms with E-state index >= 15 is 0 Å². The zero-order valence-corrected chi connectivity index (χ0v) is 15.8. The number of amides is 1. The summed E-state index contributed by atoms with van der Waals surface area (Å²) in [5.74, 6) is -1.26. The summed E-state index contributed by atoms with van der Waals surface area (Å²) in [6.07, 6.45) is 0. The van der Waals surface area contributed by atoms with Crippen molar-refractivity contribution in [2.75, 3.05) is 11.9 Å². The molecular weight excluding hydrogens is 376 g/mol. The number of nitro groups is 1. The predicted octanol–water partition coefficient (Wildman–Crippen LogP) is 3.19. The first kappa shape index (κ1) is 19.7. The number of hydrogen-bond acceptors (Lipinski definition) is 6. The number of carbonyl (C=O) groups excluding carboxylic acids is 2. The molecule has 1 amide bonds. The van der Waals surface area contributed by atoms with E-state index in [1.54, 1.807) is 11.6 Å². The van der Waals surface area contributed by atoms with Crippen LogP contribution in [0.2, 0.25) is 0 Å². The number of esters is 1. The standard InChI is InChI=1S/C20H18N4O5/c1-13-19(14(2)23(22-13)16-6-4-3-5-7-16)21-18(25)12-29-20(26)15-8-10-17(11-9-15)24(27)28/h3-11H,12H2,1-2H3,(H,21,25). The summed E-state index contributed by atoms with van der Waals surface area (Å²) in [5.41, 5.74) is 2.75. The number of aromatic nitrogens is 2. The Bertz CT molecular complexity index is 1060. The lowest BCUT2D eigenvalue weighted by Gasteiger charge is -2.08. The van der Waals surface area contributed by atoms with Crippen molar-refractivity contribution in [3.63, 3.8) is 0 Å². The van der Waals surface area contributed by atoms with E-state index in [0.29, 0.717) is 11.4 Å². The summed E-state index contributed by atoms with van der Waals surface area (Å²) in [6.45, 7) is 3.10.